The summed E-state index contributed by atoms with van der Waals surface area (Å²) < 4.78 is 5.09. The number of amides is 1. The van der Waals surface area contributed by atoms with Crippen molar-refractivity contribution in [3.8, 4) is 11.8 Å². The Bertz CT molecular complexity index is 744. The number of rotatable bonds is 5. The molecule has 122 valence electrons. The van der Waals surface area contributed by atoms with E-state index in [1.807, 2.05) is 30.3 Å². The molecule has 0 bridgehead atoms. The number of ketones is 1. The minimum atomic E-state index is -0.468. The van der Waals surface area contributed by atoms with E-state index in [0.29, 0.717) is 24.2 Å². The molecule has 1 amide bonds. The standard InChI is InChI=1S/C19H18N2O3/c1-15(22)17-10-11-18(21-13-17)9-5-6-12-20-19(23)24-14-16-7-3-2-4-8-16/h2-4,7-8,10-11,13H,6,12,14H2,1H3,(H,20,23). The summed E-state index contributed by atoms with van der Waals surface area (Å²) in [5, 5.41) is 2.63. The van der Waals surface area contributed by atoms with E-state index in [1.165, 1.54) is 13.1 Å². The topological polar surface area (TPSA) is 68.3 Å². The van der Waals surface area contributed by atoms with Gasteiger partial charge in [0, 0.05) is 24.7 Å². The minimum absolute atomic E-state index is 0.0276. The van der Waals surface area contributed by atoms with Crippen molar-refractivity contribution < 1.29 is 14.3 Å². The lowest BCUT2D eigenvalue weighted by atomic mass is 10.2. The molecule has 2 aromatic rings. The Hall–Kier alpha value is -3.13. The molecule has 5 nitrogen and oxygen atoms in total. The predicted molar refractivity (Wildman–Crippen MR) is 90.4 cm³/mol. The monoisotopic (exact) mass is 322 g/mol. The molecule has 1 aromatic carbocycles. The van der Waals surface area contributed by atoms with E-state index in [4.69, 9.17) is 4.74 Å². The minimum Gasteiger partial charge on any atom is -0.445 e. The van der Waals surface area contributed by atoms with Gasteiger partial charge in [-0.15, -0.1) is 0 Å². The van der Waals surface area contributed by atoms with Crippen LogP contribution in [0.5, 0.6) is 0 Å². The van der Waals surface area contributed by atoms with Crippen LogP contribution in [0.1, 0.15) is 35.0 Å². The van der Waals surface area contributed by atoms with Crippen molar-refractivity contribution >= 4 is 11.9 Å². The van der Waals surface area contributed by atoms with Gasteiger partial charge in [-0.05, 0) is 30.5 Å². The maximum Gasteiger partial charge on any atom is 0.407 e. The zero-order chi connectivity index (χ0) is 17.2. The summed E-state index contributed by atoms with van der Waals surface area (Å²) in [4.78, 5) is 26.7. The molecule has 0 radical (unpaired) electrons. The number of ether oxygens (including phenoxy) is 1. The quantitative estimate of drug-likeness (QED) is 0.522. The number of pyridine rings is 1. The van der Waals surface area contributed by atoms with Gasteiger partial charge >= 0.3 is 6.09 Å². The SMILES string of the molecule is CC(=O)c1ccc(C#CCCNC(=O)OCc2ccccc2)nc1. The Balaban J connectivity index is 1.67. The molecule has 5 heteroatoms. The summed E-state index contributed by atoms with van der Waals surface area (Å²) in [7, 11) is 0. The Labute approximate surface area is 141 Å². The van der Waals surface area contributed by atoms with E-state index in [9.17, 15) is 9.59 Å². The molecule has 2 rings (SSSR count). The Morgan fingerprint density at radius 1 is 1.17 bits per heavy atom. The summed E-state index contributed by atoms with van der Waals surface area (Å²) >= 11 is 0. The van der Waals surface area contributed by atoms with Gasteiger partial charge in [-0.2, -0.15) is 0 Å². The summed E-state index contributed by atoms with van der Waals surface area (Å²) in [6.07, 6.45) is 1.52. The fourth-order valence-corrected chi connectivity index (χ4v) is 1.83. The Morgan fingerprint density at radius 2 is 1.96 bits per heavy atom. The van der Waals surface area contributed by atoms with E-state index in [-0.39, 0.29) is 12.4 Å². The fraction of sp³-hybridized carbons (Fsp3) is 0.211. The number of carbonyl (C=O) groups is 2. The average Bonchev–Trinajstić information content (AvgIpc) is 2.61. The maximum atomic E-state index is 11.5. The zero-order valence-electron chi connectivity index (χ0n) is 13.4. The number of carbonyl (C=O) groups excluding carboxylic acids is 2. The molecule has 0 unspecified atom stereocenters. The first-order valence-electron chi connectivity index (χ1n) is 7.55. The smallest absolute Gasteiger partial charge is 0.407 e. The van der Waals surface area contributed by atoms with E-state index in [2.05, 4.69) is 22.1 Å². The third-order valence-electron chi connectivity index (χ3n) is 3.12. The van der Waals surface area contributed by atoms with Crippen molar-refractivity contribution in [2.45, 2.75) is 20.0 Å². The molecule has 0 atom stereocenters. The molecule has 24 heavy (non-hydrogen) atoms. The van der Waals surface area contributed by atoms with Crippen molar-refractivity contribution in [1.82, 2.24) is 10.3 Å². The van der Waals surface area contributed by atoms with Crippen molar-refractivity contribution in [2.75, 3.05) is 6.54 Å². The van der Waals surface area contributed by atoms with E-state index in [0.717, 1.165) is 5.56 Å². The Kier molecular flexibility index (Phi) is 6.54. The molecule has 1 N–H and O–H groups in total. The van der Waals surface area contributed by atoms with Crippen LogP contribution in [0.25, 0.3) is 0 Å². The molecule has 0 aliphatic rings. The highest BCUT2D eigenvalue weighted by Gasteiger charge is 2.01. The molecular formula is C19H18N2O3. The van der Waals surface area contributed by atoms with Gasteiger partial charge in [-0.3, -0.25) is 4.79 Å². The number of nitrogens with zero attached hydrogens (tertiary/aromatic N) is 1. The first-order chi connectivity index (χ1) is 11.6. The van der Waals surface area contributed by atoms with Gasteiger partial charge in [0.2, 0.25) is 0 Å². The Morgan fingerprint density at radius 3 is 2.62 bits per heavy atom. The van der Waals surface area contributed by atoms with Crippen LogP contribution >= 0.6 is 0 Å². The number of hydrogen-bond acceptors (Lipinski definition) is 4. The molecule has 0 saturated carbocycles. The molecule has 0 fully saturated rings. The van der Waals surface area contributed by atoms with E-state index >= 15 is 0 Å². The predicted octanol–water partition coefficient (Wildman–Crippen LogP) is 2.95. The molecule has 1 heterocycles. The van der Waals surface area contributed by atoms with Crippen LogP contribution in [0.4, 0.5) is 4.79 Å². The van der Waals surface area contributed by atoms with Crippen LogP contribution in [-0.2, 0) is 11.3 Å². The molecular weight excluding hydrogens is 304 g/mol. The molecule has 0 saturated heterocycles. The highest BCUT2D eigenvalue weighted by molar-refractivity contribution is 5.93. The van der Waals surface area contributed by atoms with Crippen LogP contribution in [0.15, 0.2) is 48.7 Å². The third kappa shape index (κ3) is 5.93. The fourth-order valence-electron chi connectivity index (χ4n) is 1.83. The van der Waals surface area contributed by atoms with Gasteiger partial charge in [0.25, 0.3) is 0 Å². The third-order valence-corrected chi connectivity index (χ3v) is 3.12. The van der Waals surface area contributed by atoms with Gasteiger partial charge in [-0.1, -0.05) is 36.3 Å². The van der Waals surface area contributed by atoms with Gasteiger partial charge in [0.05, 0.1) is 0 Å². The summed E-state index contributed by atoms with van der Waals surface area (Å²) in [5.74, 6) is 5.76. The van der Waals surface area contributed by atoms with Crippen LogP contribution in [0.3, 0.4) is 0 Å². The maximum absolute atomic E-state index is 11.5. The molecule has 1 aromatic heterocycles. The first kappa shape index (κ1) is 17.2. The van der Waals surface area contributed by atoms with Crippen molar-refractivity contribution in [2.24, 2.45) is 0 Å². The van der Waals surface area contributed by atoms with Crippen molar-refractivity contribution in [3.05, 3.63) is 65.5 Å². The van der Waals surface area contributed by atoms with Gasteiger partial charge in [0.1, 0.15) is 12.3 Å². The second kappa shape index (κ2) is 9.11. The molecule has 0 aliphatic carbocycles. The van der Waals surface area contributed by atoms with Gasteiger partial charge in [-0.25, -0.2) is 9.78 Å². The number of alkyl carbamates (subject to hydrolysis) is 1. The number of hydrogen-bond donors (Lipinski definition) is 1. The van der Waals surface area contributed by atoms with Crippen LogP contribution < -0.4 is 5.32 Å². The lowest BCUT2D eigenvalue weighted by Gasteiger charge is -2.05. The summed E-state index contributed by atoms with van der Waals surface area (Å²) in [6.45, 7) is 2.13. The van der Waals surface area contributed by atoms with E-state index < -0.39 is 6.09 Å². The molecule has 0 aliphatic heterocycles. The average molecular weight is 322 g/mol. The summed E-state index contributed by atoms with van der Waals surface area (Å²) in [5.41, 5.74) is 2.09. The van der Waals surface area contributed by atoms with Crippen LogP contribution in [0.2, 0.25) is 0 Å². The molecule has 0 spiro atoms. The number of aromatic nitrogens is 1. The summed E-state index contributed by atoms with van der Waals surface area (Å²) in [6, 6.07) is 12.9. The number of benzene rings is 1. The normalized spacial score (nSPS) is 9.54. The number of nitrogens with one attached hydrogen (secondary N) is 1. The second-order valence-electron chi connectivity index (χ2n) is 5.03. The first-order valence-corrected chi connectivity index (χ1v) is 7.55. The largest absolute Gasteiger partial charge is 0.445 e. The van der Waals surface area contributed by atoms with Crippen molar-refractivity contribution in [1.29, 1.82) is 0 Å². The number of Topliss-reactive ketones (excluding diaryl/α,β-unsaturated/α-hetero) is 1. The van der Waals surface area contributed by atoms with Crippen LogP contribution in [0, 0.1) is 11.8 Å². The van der Waals surface area contributed by atoms with E-state index in [1.54, 1.807) is 12.1 Å². The van der Waals surface area contributed by atoms with Gasteiger partial charge < -0.3 is 10.1 Å². The highest BCUT2D eigenvalue weighted by Crippen LogP contribution is 2.01. The van der Waals surface area contributed by atoms with Crippen molar-refractivity contribution in [3.63, 3.8) is 0 Å². The zero-order valence-corrected chi connectivity index (χ0v) is 13.4. The highest BCUT2D eigenvalue weighted by atomic mass is 16.5. The van der Waals surface area contributed by atoms with Crippen LogP contribution in [-0.4, -0.2) is 23.4 Å². The second-order valence-corrected chi connectivity index (χ2v) is 5.03. The van der Waals surface area contributed by atoms with Gasteiger partial charge in [0.15, 0.2) is 5.78 Å². The lowest BCUT2D eigenvalue weighted by molar-refractivity contribution is 0.101. The lowest BCUT2D eigenvalue weighted by Crippen LogP contribution is -2.24.